The molecule has 1 unspecified atom stereocenters. The van der Waals surface area contributed by atoms with Gasteiger partial charge in [0.05, 0.1) is 13.3 Å². The summed E-state index contributed by atoms with van der Waals surface area (Å²) in [7, 11) is 1.70. The molecule has 21 heavy (non-hydrogen) atoms. The fourth-order valence-corrected chi connectivity index (χ4v) is 2.53. The van der Waals surface area contributed by atoms with Crippen LogP contribution in [0.3, 0.4) is 0 Å². The first-order valence-electron chi connectivity index (χ1n) is 7.51. The Morgan fingerprint density at radius 1 is 1.29 bits per heavy atom. The van der Waals surface area contributed by atoms with Crippen molar-refractivity contribution in [2.45, 2.75) is 32.7 Å². The molecule has 0 saturated heterocycles. The van der Waals surface area contributed by atoms with Gasteiger partial charge in [-0.1, -0.05) is 36.8 Å². The second kappa shape index (κ2) is 7.79. The summed E-state index contributed by atoms with van der Waals surface area (Å²) in [5, 5.41) is 3.62. The quantitative estimate of drug-likeness (QED) is 0.842. The number of hydrogen-bond donors (Lipinski definition) is 1. The Kier molecular flexibility index (Phi) is 5.76. The summed E-state index contributed by atoms with van der Waals surface area (Å²) in [6, 6.07) is 11.0. The number of hydrogen-bond acceptors (Lipinski definition) is 3. The molecule has 1 aromatic heterocycles. The lowest BCUT2D eigenvalue weighted by molar-refractivity contribution is 0.396. The van der Waals surface area contributed by atoms with Crippen LogP contribution in [0.15, 0.2) is 42.7 Å². The van der Waals surface area contributed by atoms with Gasteiger partial charge in [0.25, 0.3) is 0 Å². The highest BCUT2D eigenvalue weighted by molar-refractivity contribution is 5.34. The second-order valence-corrected chi connectivity index (χ2v) is 5.32. The van der Waals surface area contributed by atoms with Crippen LogP contribution in [-0.4, -0.2) is 18.6 Å². The zero-order chi connectivity index (χ0) is 15.1. The van der Waals surface area contributed by atoms with E-state index >= 15 is 0 Å². The molecule has 3 nitrogen and oxygen atoms in total. The minimum Gasteiger partial charge on any atom is -0.495 e. The maximum absolute atomic E-state index is 5.47. The number of aryl methyl sites for hydroxylation is 1. The van der Waals surface area contributed by atoms with Crippen molar-refractivity contribution in [3.8, 4) is 5.75 Å². The summed E-state index contributed by atoms with van der Waals surface area (Å²) in [6.45, 7) is 5.30. The van der Waals surface area contributed by atoms with Crippen molar-refractivity contribution in [3.63, 3.8) is 0 Å². The van der Waals surface area contributed by atoms with Crippen LogP contribution in [0.1, 0.15) is 36.1 Å². The molecule has 2 rings (SSSR count). The predicted octanol–water partition coefficient (Wildman–Crippen LogP) is 3.68. The normalized spacial score (nSPS) is 12.1. The summed E-state index contributed by atoms with van der Waals surface area (Å²) in [4.78, 5) is 4.15. The Morgan fingerprint density at radius 3 is 2.86 bits per heavy atom. The Labute approximate surface area is 127 Å². The van der Waals surface area contributed by atoms with Crippen molar-refractivity contribution in [3.05, 3.63) is 59.4 Å². The van der Waals surface area contributed by atoms with Gasteiger partial charge >= 0.3 is 0 Å². The number of rotatable bonds is 7. The smallest absolute Gasteiger partial charge is 0.141 e. The second-order valence-electron chi connectivity index (χ2n) is 5.32. The Hall–Kier alpha value is -1.87. The van der Waals surface area contributed by atoms with E-state index in [2.05, 4.69) is 48.4 Å². The first kappa shape index (κ1) is 15.5. The summed E-state index contributed by atoms with van der Waals surface area (Å²) in [6.07, 6.45) is 5.67. The highest BCUT2D eigenvalue weighted by Gasteiger charge is 2.16. The minimum absolute atomic E-state index is 0.240. The van der Waals surface area contributed by atoms with E-state index in [-0.39, 0.29) is 6.04 Å². The van der Waals surface area contributed by atoms with Gasteiger partial charge in [-0.3, -0.25) is 4.98 Å². The highest BCUT2D eigenvalue weighted by atomic mass is 16.5. The van der Waals surface area contributed by atoms with Gasteiger partial charge in [0.1, 0.15) is 5.75 Å². The highest BCUT2D eigenvalue weighted by Crippen LogP contribution is 2.26. The predicted molar refractivity (Wildman–Crippen MR) is 86.7 cm³/mol. The molecule has 3 heteroatoms. The van der Waals surface area contributed by atoms with E-state index in [0.717, 1.165) is 25.1 Å². The van der Waals surface area contributed by atoms with Gasteiger partial charge in [-0.05, 0) is 37.9 Å². The van der Waals surface area contributed by atoms with Crippen LogP contribution in [0.25, 0.3) is 0 Å². The lowest BCUT2D eigenvalue weighted by Gasteiger charge is -2.21. The number of aromatic nitrogens is 1. The molecular formula is C18H24N2O. The molecule has 0 saturated carbocycles. The molecule has 0 aliphatic heterocycles. The van der Waals surface area contributed by atoms with Crippen LogP contribution >= 0.6 is 0 Å². The van der Waals surface area contributed by atoms with Crippen LogP contribution in [0.2, 0.25) is 0 Å². The lowest BCUT2D eigenvalue weighted by Crippen LogP contribution is -2.24. The molecule has 1 heterocycles. The standard InChI is InChI=1S/C18H24N2O/c1-4-9-20-17(12-15-7-5-6-14(2)11-15)16-8-10-19-13-18(16)21-3/h5-8,10-11,13,17,20H,4,9,12H2,1-3H3. The largest absolute Gasteiger partial charge is 0.495 e. The number of nitrogens with one attached hydrogen (secondary N) is 1. The number of benzene rings is 1. The number of ether oxygens (including phenoxy) is 1. The van der Waals surface area contributed by atoms with Crippen LogP contribution in [0.4, 0.5) is 0 Å². The minimum atomic E-state index is 0.240. The number of nitrogens with zero attached hydrogens (tertiary/aromatic N) is 1. The van der Waals surface area contributed by atoms with Crippen molar-refractivity contribution in [2.24, 2.45) is 0 Å². The monoisotopic (exact) mass is 284 g/mol. The van der Waals surface area contributed by atoms with Crippen LogP contribution in [0, 0.1) is 6.92 Å². The summed E-state index contributed by atoms with van der Waals surface area (Å²) < 4.78 is 5.47. The van der Waals surface area contributed by atoms with Crippen molar-refractivity contribution >= 4 is 0 Å². The van der Waals surface area contributed by atoms with Crippen molar-refractivity contribution in [1.29, 1.82) is 0 Å². The molecule has 0 aliphatic rings. The fraction of sp³-hybridized carbons (Fsp3) is 0.389. The maximum atomic E-state index is 5.47. The molecule has 0 amide bonds. The van der Waals surface area contributed by atoms with E-state index in [9.17, 15) is 0 Å². The van der Waals surface area contributed by atoms with Crippen LogP contribution in [0.5, 0.6) is 5.75 Å². The van der Waals surface area contributed by atoms with Crippen molar-refractivity contribution < 1.29 is 4.74 Å². The molecule has 1 atom stereocenters. The Balaban J connectivity index is 2.25. The SMILES string of the molecule is CCCNC(Cc1cccc(C)c1)c1ccncc1OC. The topological polar surface area (TPSA) is 34.2 Å². The first-order chi connectivity index (χ1) is 10.2. The van der Waals surface area contributed by atoms with E-state index in [4.69, 9.17) is 4.74 Å². The van der Waals surface area contributed by atoms with Crippen LogP contribution < -0.4 is 10.1 Å². The number of pyridine rings is 1. The lowest BCUT2D eigenvalue weighted by atomic mass is 9.98. The third-order valence-corrected chi connectivity index (χ3v) is 3.57. The molecule has 0 radical (unpaired) electrons. The zero-order valence-electron chi connectivity index (χ0n) is 13.1. The molecule has 0 spiro atoms. The third-order valence-electron chi connectivity index (χ3n) is 3.57. The molecular weight excluding hydrogens is 260 g/mol. The van der Waals surface area contributed by atoms with Gasteiger partial charge in [-0.25, -0.2) is 0 Å². The molecule has 1 N–H and O–H groups in total. The third kappa shape index (κ3) is 4.30. The van der Waals surface area contributed by atoms with Gasteiger partial charge in [-0.2, -0.15) is 0 Å². The first-order valence-corrected chi connectivity index (χ1v) is 7.51. The average Bonchev–Trinajstić information content (AvgIpc) is 2.51. The van der Waals surface area contributed by atoms with Gasteiger partial charge in [0.15, 0.2) is 0 Å². The molecule has 0 aliphatic carbocycles. The zero-order valence-corrected chi connectivity index (χ0v) is 13.1. The molecule has 2 aromatic rings. The number of methoxy groups -OCH3 is 1. The van der Waals surface area contributed by atoms with Gasteiger partial charge in [0.2, 0.25) is 0 Å². The van der Waals surface area contributed by atoms with E-state index < -0.39 is 0 Å². The summed E-state index contributed by atoms with van der Waals surface area (Å²) in [5.41, 5.74) is 3.80. The van der Waals surface area contributed by atoms with Gasteiger partial charge in [-0.15, -0.1) is 0 Å². The van der Waals surface area contributed by atoms with E-state index in [0.29, 0.717) is 0 Å². The summed E-state index contributed by atoms with van der Waals surface area (Å²) in [5.74, 6) is 0.846. The Bertz CT molecular complexity index is 569. The van der Waals surface area contributed by atoms with E-state index in [1.165, 1.54) is 16.7 Å². The Morgan fingerprint density at radius 2 is 2.14 bits per heavy atom. The molecule has 112 valence electrons. The van der Waals surface area contributed by atoms with E-state index in [1.807, 2.05) is 12.3 Å². The van der Waals surface area contributed by atoms with Crippen molar-refractivity contribution in [2.75, 3.05) is 13.7 Å². The maximum Gasteiger partial charge on any atom is 0.141 e. The van der Waals surface area contributed by atoms with Gasteiger partial charge in [0, 0.05) is 17.8 Å². The average molecular weight is 284 g/mol. The molecule has 0 bridgehead atoms. The van der Waals surface area contributed by atoms with E-state index in [1.54, 1.807) is 13.3 Å². The van der Waals surface area contributed by atoms with Crippen molar-refractivity contribution in [1.82, 2.24) is 10.3 Å². The van der Waals surface area contributed by atoms with Crippen LogP contribution in [-0.2, 0) is 6.42 Å². The fourth-order valence-electron chi connectivity index (χ4n) is 2.53. The molecule has 0 fully saturated rings. The molecule has 1 aromatic carbocycles. The van der Waals surface area contributed by atoms with Gasteiger partial charge < -0.3 is 10.1 Å². The summed E-state index contributed by atoms with van der Waals surface area (Å²) >= 11 is 0.